The number of rotatable bonds is 4. The van der Waals surface area contributed by atoms with Gasteiger partial charge in [0.25, 0.3) is 0 Å². The van der Waals surface area contributed by atoms with E-state index in [1.807, 2.05) is 6.92 Å². The van der Waals surface area contributed by atoms with Crippen LogP contribution in [0.15, 0.2) is 53.4 Å². The van der Waals surface area contributed by atoms with Gasteiger partial charge in [0, 0.05) is 11.1 Å². The standard InChI is InChI=1S/C18H17NO3S/c1-14-5-11-18(12-6-14)23(21,22)19-13-3-4-16-7-9-17(10-8-16)15(2)20/h5-12,19H,13H2,1-2H3. The quantitative estimate of drug-likeness (QED) is 0.693. The summed E-state index contributed by atoms with van der Waals surface area (Å²) in [6, 6.07) is 13.5. The number of nitrogens with one attached hydrogen (secondary N) is 1. The van der Waals surface area contributed by atoms with Crippen LogP contribution in [0.3, 0.4) is 0 Å². The number of Topliss-reactive ketones (excluding diaryl/α,β-unsaturated/α-hetero) is 1. The van der Waals surface area contributed by atoms with E-state index >= 15 is 0 Å². The summed E-state index contributed by atoms with van der Waals surface area (Å²) in [6.07, 6.45) is 0. The number of aryl methyl sites for hydroxylation is 1. The van der Waals surface area contributed by atoms with Crippen LogP contribution in [0.5, 0.6) is 0 Å². The zero-order valence-electron chi connectivity index (χ0n) is 13.0. The van der Waals surface area contributed by atoms with E-state index in [1.54, 1.807) is 48.5 Å². The molecule has 0 fully saturated rings. The molecular formula is C18H17NO3S. The van der Waals surface area contributed by atoms with Gasteiger partial charge in [-0.1, -0.05) is 41.7 Å². The highest BCUT2D eigenvalue weighted by Gasteiger charge is 2.11. The fourth-order valence-electron chi connectivity index (χ4n) is 1.87. The Balaban J connectivity index is 1.99. The fraction of sp³-hybridized carbons (Fsp3) is 0.167. The van der Waals surface area contributed by atoms with E-state index in [2.05, 4.69) is 16.6 Å². The number of hydrogen-bond acceptors (Lipinski definition) is 3. The molecule has 0 bridgehead atoms. The van der Waals surface area contributed by atoms with E-state index in [0.717, 1.165) is 11.1 Å². The number of sulfonamides is 1. The minimum absolute atomic E-state index is 0.00429. The predicted molar refractivity (Wildman–Crippen MR) is 89.7 cm³/mol. The second-order valence-corrected chi connectivity index (χ2v) is 6.84. The van der Waals surface area contributed by atoms with Crippen molar-refractivity contribution in [1.82, 2.24) is 4.72 Å². The predicted octanol–water partition coefficient (Wildman–Crippen LogP) is 2.53. The topological polar surface area (TPSA) is 63.2 Å². The Morgan fingerprint density at radius 2 is 1.65 bits per heavy atom. The Morgan fingerprint density at radius 3 is 2.22 bits per heavy atom. The van der Waals surface area contributed by atoms with Gasteiger partial charge in [-0.05, 0) is 38.1 Å². The molecule has 0 aliphatic carbocycles. The molecule has 0 atom stereocenters. The van der Waals surface area contributed by atoms with Crippen LogP contribution < -0.4 is 4.72 Å². The lowest BCUT2D eigenvalue weighted by atomic mass is 10.1. The van der Waals surface area contributed by atoms with Crippen LogP contribution in [0, 0.1) is 18.8 Å². The van der Waals surface area contributed by atoms with E-state index in [9.17, 15) is 13.2 Å². The third-order valence-corrected chi connectivity index (χ3v) is 4.62. The summed E-state index contributed by atoms with van der Waals surface area (Å²) in [5.74, 6) is 5.61. The van der Waals surface area contributed by atoms with Crippen LogP contribution in [0.1, 0.15) is 28.4 Å². The van der Waals surface area contributed by atoms with Crippen molar-refractivity contribution in [2.45, 2.75) is 18.7 Å². The Kier molecular flexibility index (Phi) is 5.32. The van der Waals surface area contributed by atoms with Crippen molar-refractivity contribution in [3.8, 4) is 11.8 Å². The monoisotopic (exact) mass is 327 g/mol. The molecule has 2 aromatic rings. The van der Waals surface area contributed by atoms with Crippen LogP contribution >= 0.6 is 0 Å². The maximum atomic E-state index is 12.1. The van der Waals surface area contributed by atoms with Gasteiger partial charge in [0.2, 0.25) is 10.0 Å². The third kappa shape index (κ3) is 4.78. The Hall–Kier alpha value is -2.42. The summed E-state index contributed by atoms with van der Waals surface area (Å²) in [5, 5.41) is 0. The second kappa shape index (κ2) is 7.23. The first-order valence-electron chi connectivity index (χ1n) is 7.05. The molecule has 0 aromatic heterocycles. The zero-order chi connectivity index (χ0) is 16.9. The number of carbonyl (C=O) groups excluding carboxylic acids is 1. The second-order valence-electron chi connectivity index (χ2n) is 5.07. The van der Waals surface area contributed by atoms with Crippen LogP contribution in [-0.4, -0.2) is 20.7 Å². The van der Waals surface area contributed by atoms with Gasteiger partial charge in [-0.3, -0.25) is 4.79 Å². The number of carbonyl (C=O) groups is 1. The molecule has 2 rings (SSSR count). The molecule has 4 nitrogen and oxygen atoms in total. The molecule has 0 aliphatic heterocycles. The van der Waals surface area contributed by atoms with Crippen LogP contribution in [0.25, 0.3) is 0 Å². The summed E-state index contributed by atoms with van der Waals surface area (Å²) < 4.78 is 26.6. The van der Waals surface area contributed by atoms with Gasteiger partial charge < -0.3 is 0 Å². The maximum Gasteiger partial charge on any atom is 0.241 e. The number of benzene rings is 2. The molecule has 0 saturated carbocycles. The summed E-state index contributed by atoms with van der Waals surface area (Å²) in [7, 11) is -3.55. The molecule has 0 heterocycles. The third-order valence-electron chi connectivity index (χ3n) is 3.21. The molecule has 118 valence electrons. The maximum absolute atomic E-state index is 12.1. The smallest absolute Gasteiger partial charge is 0.241 e. The molecule has 0 spiro atoms. The van der Waals surface area contributed by atoms with Crippen LogP contribution in [0.2, 0.25) is 0 Å². The average Bonchev–Trinajstić information content (AvgIpc) is 2.52. The largest absolute Gasteiger partial charge is 0.295 e. The first kappa shape index (κ1) is 16.9. The SMILES string of the molecule is CC(=O)c1ccc(C#CCNS(=O)(=O)c2ccc(C)cc2)cc1. The first-order chi connectivity index (χ1) is 10.9. The van der Waals surface area contributed by atoms with Gasteiger partial charge in [-0.2, -0.15) is 4.72 Å². The van der Waals surface area contributed by atoms with E-state index in [-0.39, 0.29) is 17.2 Å². The van der Waals surface area contributed by atoms with Crippen molar-refractivity contribution in [2.75, 3.05) is 6.54 Å². The molecule has 0 unspecified atom stereocenters. The number of ketones is 1. The molecule has 0 saturated heterocycles. The Bertz CT molecular complexity index is 855. The van der Waals surface area contributed by atoms with E-state index in [1.165, 1.54) is 6.92 Å². The van der Waals surface area contributed by atoms with Crippen molar-refractivity contribution in [3.05, 3.63) is 65.2 Å². The van der Waals surface area contributed by atoms with E-state index < -0.39 is 10.0 Å². The molecule has 2 aromatic carbocycles. The normalized spacial score (nSPS) is 10.7. The highest BCUT2D eigenvalue weighted by atomic mass is 32.2. The lowest BCUT2D eigenvalue weighted by Crippen LogP contribution is -2.23. The minimum Gasteiger partial charge on any atom is -0.295 e. The highest BCUT2D eigenvalue weighted by Crippen LogP contribution is 2.09. The molecule has 23 heavy (non-hydrogen) atoms. The minimum atomic E-state index is -3.55. The van der Waals surface area contributed by atoms with Gasteiger partial charge in [-0.15, -0.1) is 0 Å². The zero-order valence-corrected chi connectivity index (χ0v) is 13.8. The summed E-state index contributed by atoms with van der Waals surface area (Å²) in [6.45, 7) is 3.41. The van der Waals surface area contributed by atoms with Gasteiger partial charge in [0.15, 0.2) is 5.78 Å². The van der Waals surface area contributed by atoms with E-state index in [4.69, 9.17) is 0 Å². The Morgan fingerprint density at radius 1 is 1.04 bits per heavy atom. The molecule has 0 radical (unpaired) electrons. The van der Waals surface area contributed by atoms with Gasteiger partial charge in [0.05, 0.1) is 11.4 Å². The van der Waals surface area contributed by atoms with Gasteiger partial charge >= 0.3 is 0 Å². The summed E-state index contributed by atoms with van der Waals surface area (Å²) >= 11 is 0. The first-order valence-corrected chi connectivity index (χ1v) is 8.53. The van der Waals surface area contributed by atoms with Crippen molar-refractivity contribution < 1.29 is 13.2 Å². The number of hydrogen-bond donors (Lipinski definition) is 1. The van der Waals surface area contributed by atoms with E-state index in [0.29, 0.717) is 5.56 Å². The van der Waals surface area contributed by atoms with Gasteiger partial charge in [0.1, 0.15) is 0 Å². The molecule has 5 heteroatoms. The van der Waals surface area contributed by atoms with Gasteiger partial charge in [-0.25, -0.2) is 8.42 Å². The lowest BCUT2D eigenvalue weighted by Gasteiger charge is -2.03. The molecule has 0 amide bonds. The van der Waals surface area contributed by atoms with Crippen molar-refractivity contribution in [1.29, 1.82) is 0 Å². The van der Waals surface area contributed by atoms with Crippen molar-refractivity contribution in [3.63, 3.8) is 0 Å². The summed E-state index contributed by atoms with van der Waals surface area (Å²) in [4.78, 5) is 11.4. The van der Waals surface area contributed by atoms with Crippen molar-refractivity contribution >= 4 is 15.8 Å². The molecular weight excluding hydrogens is 310 g/mol. The highest BCUT2D eigenvalue weighted by molar-refractivity contribution is 7.89. The molecule has 1 N–H and O–H groups in total. The van der Waals surface area contributed by atoms with Crippen LogP contribution in [-0.2, 0) is 10.0 Å². The molecule has 0 aliphatic rings. The van der Waals surface area contributed by atoms with Crippen LogP contribution in [0.4, 0.5) is 0 Å². The Labute approximate surface area is 136 Å². The average molecular weight is 327 g/mol. The fourth-order valence-corrected chi connectivity index (χ4v) is 2.79. The van der Waals surface area contributed by atoms with Crippen molar-refractivity contribution in [2.24, 2.45) is 0 Å². The summed E-state index contributed by atoms with van der Waals surface area (Å²) in [5.41, 5.74) is 2.35. The lowest BCUT2D eigenvalue weighted by molar-refractivity contribution is 0.101.